The van der Waals surface area contributed by atoms with Crippen LogP contribution in [-0.2, 0) is 11.3 Å². The molecule has 0 saturated heterocycles. The average Bonchev–Trinajstić information content (AvgIpc) is 2.97. The Kier molecular flexibility index (Phi) is 4.30. The third-order valence-corrected chi connectivity index (χ3v) is 4.56. The van der Waals surface area contributed by atoms with E-state index in [1.54, 1.807) is 22.2 Å². The second-order valence-corrected chi connectivity index (χ2v) is 6.87. The van der Waals surface area contributed by atoms with E-state index in [9.17, 15) is 9.59 Å². The normalized spacial score (nSPS) is 15.2. The van der Waals surface area contributed by atoms with Gasteiger partial charge in [-0.2, -0.15) is 0 Å². The lowest BCUT2D eigenvalue weighted by Crippen LogP contribution is -2.50. The predicted molar refractivity (Wildman–Crippen MR) is 92.5 cm³/mol. The molecule has 1 unspecified atom stereocenters. The van der Waals surface area contributed by atoms with Crippen molar-refractivity contribution in [2.75, 3.05) is 13.6 Å². The number of hydrogen-bond acceptors (Lipinski definition) is 3. The number of pyridine rings is 1. The number of aromatic nitrogens is 2. The topological polar surface area (TPSA) is 69.3 Å². The van der Waals surface area contributed by atoms with Crippen LogP contribution in [-0.4, -0.2) is 51.2 Å². The SMILES string of the molecule is CCC(C(=O)N(C)CC(C)C)N1Cc2ccnc3[nH]cc(c23)C1=O. The van der Waals surface area contributed by atoms with Crippen LogP contribution in [0.1, 0.15) is 43.1 Å². The van der Waals surface area contributed by atoms with Crippen LogP contribution in [0.3, 0.4) is 0 Å². The first-order valence-corrected chi connectivity index (χ1v) is 8.45. The summed E-state index contributed by atoms with van der Waals surface area (Å²) in [5.41, 5.74) is 2.37. The number of nitrogens with one attached hydrogen (secondary N) is 1. The highest BCUT2D eigenvalue weighted by molar-refractivity contribution is 6.10. The van der Waals surface area contributed by atoms with Crippen molar-refractivity contribution in [1.82, 2.24) is 19.8 Å². The Hall–Kier alpha value is -2.37. The lowest BCUT2D eigenvalue weighted by Gasteiger charge is -2.35. The summed E-state index contributed by atoms with van der Waals surface area (Å²) in [6.07, 6.45) is 4.03. The van der Waals surface area contributed by atoms with E-state index in [4.69, 9.17) is 0 Å². The lowest BCUT2D eigenvalue weighted by molar-refractivity contribution is -0.135. The van der Waals surface area contributed by atoms with E-state index in [1.165, 1.54) is 0 Å². The zero-order valence-electron chi connectivity index (χ0n) is 14.7. The van der Waals surface area contributed by atoms with Crippen molar-refractivity contribution in [3.8, 4) is 0 Å². The number of carbonyl (C=O) groups is 2. The molecule has 6 nitrogen and oxygen atoms in total. The highest BCUT2D eigenvalue weighted by Gasteiger charge is 2.35. The van der Waals surface area contributed by atoms with Gasteiger partial charge in [0.2, 0.25) is 5.91 Å². The Bertz CT molecular complexity index is 780. The van der Waals surface area contributed by atoms with Crippen molar-refractivity contribution in [3.63, 3.8) is 0 Å². The molecular formula is C18H24N4O2. The second kappa shape index (κ2) is 6.26. The van der Waals surface area contributed by atoms with Gasteiger partial charge in [-0.15, -0.1) is 0 Å². The Balaban J connectivity index is 1.91. The molecule has 1 aliphatic heterocycles. The monoisotopic (exact) mass is 328 g/mol. The molecule has 1 N–H and O–H groups in total. The van der Waals surface area contributed by atoms with Gasteiger partial charge >= 0.3 is 0 Å². The van der Waals surface area contributed by atoms with Gasteiger partial charge in [0.15, 0.2) is 0 Å². The second-order valence-electron chi connectivity index (χ2n) is 6.87. The molecule has 0 radical (unpaired) electrons. The highest BCUT2D eigenvalue weighted by Crippen LogP contribution is 2.30. The fourth-order valence-electron chi connectivity index (χ4n) is 3.51. The van der Waals surface area contributed by atoms with Crippen LogP contribution in [0.2, 0.25) is 0 Å². The van der Waals surface area contributed by atoms with Crippen LogP contribution < -0.4 is 0 Å². The maximum Gasteiger partial charge on any atom is 0.257 e. The first-order chi connectivity index (χ1) is 11.4. The maximum atomic E-state index is 12.9. The van der Waals surface area contributed by atoms with Crippen molar-refractivity contribution in [1.29, 1.82) is 0 Å². The van der Waals surface area contributed by atoms with Crippen molar-refractivity contribution >= 4 is 22.8 Å². The predicted octanol–water partition coefficient (Wildman–Crippen LogP) is 2.41. The summed E-state index contributed by atoms with van der Waals surface area (Å²) >= 11 is 0. The van der Waals surface area contributed by atoms with Gasteiger partial charge in [0, 0.05) is 37.9 Å². The van der Waals surface area contributed by atoms with Crippen LogP contribution in [0, 0.1) is 5.92 Å². The van der Waals surface area contributed by atoms with E-state index in [2.05, 4.69) is 23.8 Å². The van der Waals surface area contributed by atoms with Crippen molar-refractivity contribution in [2.45, 2.75) is 39.8 Å². The Morgan fingerprint density at radius 3 is 2.88 bits per heavy atom. The Morgan fingerprint density at radius 1 is 1.46 bits per heavy atom. The number of nitrogens with zero attached hydrogens (tertiary/aromatic N) is 3. The largest absolute Gasteiger partial charge is 0.345 e. The van der Waals surface area contributed by atoms with Crippen LogP contribution in [0.4, 0.5) is 0 Å². The molecule has 0 spiro atoms. The molecule has 1 aliphatic rings. The molecule has 1 atom stereocenters. The van der Waals surface area contributed by atoms with Crippen LogP contribution in [0.15, 0.2) is 18.5 Å². The van der Waals surface area contributed by atoms with Crippen LogP contribution in [0.25, 0.3) is 11.0 Å². The standard InChI is InChI=1S/C18H24N4O2/c1-5-14(18(24)21(4)9-11(2)3)22-10-12-6-7-19-16-15(12)13(8-20-16)17(22)23/h6-8,11,14H,5,9-10H2,1-4H3,(H,19,20). The first-order valence-electron chi connectivity index (χ1n) is 8.45. The molecule has 2 amide bonds. The minimum Gasteiger partial charge on any atom is -0.345 e. The molecule has 2 aromatic rings. The summed E-state index contributed by atoms with van der Waals surface area (Å²) in [7, 11) is 1.81. The van der Waals surface area contributed by atoms with Gasteiger partial charge < -0.3 is 14.8 Å². The molecule has 0 aromatic carbocycles. The van der Waals surface area contributed by atoms with Crippen molar-refractivity contribution in [3.05, 3.63) is 29.6 Å². The zero-order valence-corrected chi connectivity index (χ0v) is 14.7. The summed E-state index contributed by atoms with van der Waals surface area (Å²) in [6.45, 7) is 7.25. The third-order valence-electron chi connectivity index (χ3n) is 4.56. The van der Waals surface area contributed by atoms with Gasteiger partial charge in [0.1, 0.15) is 11.7 Å². The smallest absolute Gasteiger partial charge is 0.257 e. The first kappa shape index (κ1) is 16.5. The van der Waals surface area contributed by atoms with Gasteiger partial charge in [-0.1, -0.05) is 20.8 Å². The Labute approximate surface area is 141 Å². The molecule has 128 valence electrons. The number of rotatable bonds is 5. The number of amides is 2. The van der Waals surface area contributed by atoms with Crippen LogP contribution in [0.5, 0.6) is 0 Å². The fraction of sp³-hybridized carbons (Fsp3) is 0.500. The molecular weight excluding hydrogens is 304 g/mol. The summed E-state index contributed by atoms with van der Waals surface area (Å²) in [4.78, 5) is 36.5. The van der Waals surface area contributed by atoms with Crippen LogP contribution >= 0.6 is 0 Å². The van der Waals surface area contributed by atoms with Gasteiger partial charge in [0.25, 0.3) is 5.91 Å². The average molecular weight is 328 g/mol. The quantitative estimate of drug-likeness (QED) is 0.916. The molecule has 0 saturated carbocycles. The number of likely N-dealkylation sites (N-methyl/N-ethyl adjacent to an activating group) is 1. The van der Waals surface area contributed by atoms with Crippen molar-refractivity contribution < 1.29 is 9.59 Å². The molecule has 3 heterocycles. The van der Waals surface area contributed by atoms with Gasteiger partial charge in [0.05, 0.1) is 5.56 Å². The van der Waals surface area contributed by atoms with Gasteiger partial charge in [-0.25, -0.2) is 4.98 Å². The summed E-state index contributed by atoms with van der Waals surface area (Å²) in [5.74, 6) is 0.299. The van der Waals surface area contributed by atoms with E-state index in [1.807, 2.05) is 20.0 Å². The van der Waals surface area contributed by atoms with E-state index in [0.29, 0.717) is 31.0 Å². The summed E-state index contributed by atoms with van der Waals surface area (Å²) in [6, 6.07) is 1.49. The fourth-order valence-corrected chi connectivity index (χ4v) is 3.51. The van der Waals surface area contributed by atoms with E-state index >= 15 is 0 Å². The number of hydrogen-bond donors (Lipinski definition) is 1. The molecule has 3 rings (SSSR count). The van der Waals surface area contributed by atoms with E-state index < -0.39 is 6.04 Å². The van der Waals surface area contributed by atoms with Gasteiger partial charge in [-0.3, -0.25) is 9.59 Å². The molecule has 0 bridgehead atoms. The molecule has 24 heavy (non-hydrogen) atoms. The zero-order chi connectivity index (χ0) is 17.4. The van der Waals surface area contributed by atoms with Crippen molar-refractivity contribution in [2.24, 2.45) is 5.92 Å². The van der Waals surface area contributed by atoms with Gasteiger partial charge in [-0.05, 0) is 24.0 Å². The summed E-state index contributed by atoms with van der Waals surface area (Å²) in [5, 5.41) is 0.886. The van der Waals surface area contributed by atoms with E-state index in [0.717, 1.165) is 16.6 Å². The highest BCUT2D eigenvalue weighted by atomic mass is 16.2. The number of carbonyl (C=O) groups excluding carboxylic acids is 2. The van der Waals surface area contributed by atoms with E-state index in [-0.39, 0.29) is 11.8 Å². The molecule has 0 fully saturated rings. The Morgan fingerprint density at radius 2 is 2.21 bits per heavy atom. The maximum absolute atomic E-state index is 12.9. The molecule has 0 aliphatic carbocycles. The number of H-pyrrole nitrogens is 1. The minimum absolute atomic E-state index is 0.00355. The molecule has 6 heteroatoms. The third kappa shape index (κ3) is 2.66. The summed E-state index contributed by atoms with van der Waals surface area (Å²) < 4.78 is 0. The lowest BCUT2D eigenvalue weighted by atomic mass is 9.99. The molecule has 2 aromatic heterocycles. The minimum atomic E-state index is -0.437. The number of aromatic amines is 1.